The summed E-state index contributed by atoms with van der Waals surface area (Å²) in [5.74, 6) is 2.35. The van der Waals surface area contributed by atoms with Gasteiger partial charge in [0.25, 0.3) is 0 Å². The van der Waals surface area contributed by atoms with E-state index in [1.165, 1.54) is 0 Å². The molecule has 9 aromatic rings. The minimum absolute atomic E-state index is 0.652. The Kier molecular flexibility index (Phi) is 7.74. The lowest BCUT2D eigenvalue weighted by molar-refractivity contribution is 0.436. The zero-order valence-electron chi connectivity index (χ0n) is 31.3. The highest BCUT2D eigenvalue weighted by atomic mass is 16.5. The Morgan fingerprint density at radius 1 is 0.397 bits per heavy atom. The molecule has 0 atom stereocenters. The van der Waals surface area contributed by atoms with Crippen LogP contribution in [0.5, 0.6) is 11.5 Å². The van der Waals surface area contributed by atoms with Crippen LogP contribution < -0.4 is 4.74 Å². The van der Waals surface area contributed by atoms with E-state index in [9.17, 15) is 5.26 Å². The molecule has 8 aromatic carbocycles. The summed E-state index contributed by atoms with van der Waals surface area (Å²) in [5.41, 5.74) is 15.6. The number of rotatable bonds is 5. The largest absolute Gasteiger partial charge is 0.457 e. The first-order chi connectivity index (χ1) is 28.7. The third-order valence-electron chi connectivity index (χ3n) is 11.6. The fourth-order valence-electron chi connectivity index (χ4n) is 9.09. The molecule has 0 saturated heterocycles. The number of nitriles is 1. The lowest BCUT2D eigenvalue weighted by Gasteiger charge is -2.39. The molecular weight excluding hydrogens is 707 g/mol. The van der Waals surface area contributed by atoms with Crippen LogP contribution in [-0.2, 0) is 5.41 Å². The van der Waals surface area contributed by atoms with Crippen molar-refractivity contribution in [2.45, 2.75) is 5.41 Å². The molecular formula is C54H33N3O. The summed E-state index contributed by atoms with van der Waals surface area (Å²) in [5, 5.41) is 10.6. The number of nitrogens with zero attached hydrogens (tertiary/aromatic N) is 3. The minimum atomic E-state index is -0.652. The van der Waals surface area contributed by atoms with Crippen LogP contribution in [0, 0.1) is 11.3 Å². The van der Waals surface area contributed by atoms with E-state index in [4.69, 9.17) is 14.7 Å². The fourth-order valence-corrected chi connectivity index (χ4v) is 9.09. The number of para-hydroxylation sites is 2. The van der Waals surface area contributed by atoms with Gasteiger partial charge >= 0.3 is 0 Å². The summed E-state index contributed by atoms with van der Waals surface area (Å²) >= 11 is 0. The van der Waals surface area contributed by atoms with Crippen molar-refractivity contribution < 1.29 is 4.74 Å². The van der Waals surface area contributed by atoms with Gasteiger partial charge in [-0.2, -0.15) is 5.26 Å². The molecule has 0 fully saturated rings. The van der Waals surface area contributed by atoms with Crippen LogP contribution in [0.15, 0.2) is 200 Å². The third kappa shape index (κ3) is 5.15. The van der Waals surface area contributed by atoms with Crippen LogP contribution in [0.4, 0.5) is 0 Å². The van der Waals surface area contributed by atoms with Gasteiger partial charge in [-0.15, -0.1) is 0 Å². The van der Waals surface area contributed by atoms with Gasteiger partial charge in [0.15, 0.2) is 5.82 Å². The summed E-state index contributed by atoms with van der Waals surface area (Å²) in [7, 11) is 0. The average molecular weight is 740 g/mol. The van der Waals surface area contributed by atoms with Crippen molar-refractivity contribution in [3.63, 3.8) is 0 Å². The fraction of sp³-hybridized carbons (Fsp3) is 0.0185. The number of benzene rings is 8. The highest BCUT2D eigenvalue weighted by Crippen LogP contribution is 2.63. The Morgan fingerprint density at radius 3 is 1.60 bits per heavy atom. The van der Waals surface area contributed by atoms with Crippen molar-refractivity contribution in [3.05, 3.63) is 228 Å². The first kappa shape index (κ1) is 33.5. The van der Waals surface area contributed by atoms with Gasteiger partial charge in [0.1, 0.15) is 11.5 Å². The van der Waals surface area contributed by atoms with E-state index in [0.29, 0.717) is 11.4 Å². The monoisotopic (exact) mass is 739 g/mol. The van der Waals surface area contributed by atoms with Crippen molar-refractivity contribution in [3.8, 4) is 84.9 Å². The van der Waals surface area contributed by atoms with Crippen molar-refractivity contribution in [1.29, 1.82) is 5.26 Å². The molecule has 0 saturated carbocycles. The maximum Gasteiger partial charge on any atom is 0.160 e. The average Bonchev–Trinajstić information content (AvgIpc) is 3.60. The molecule has 2 aliphatic rings. The predicted octanol–water partition coefficient (Wildman–Crippen LogP) is 13.2. The number of aromatic nitrogens is 2. The van der Waals surface area contributed by atoms with E-state index in [1.807, 2.05) is 72.8 Å². The van der Waals surface area contributed by atoms with Gasteiger partial charge in [-0.25, -0.2) is 9.97 Å². The molecule has 0 bridgehead atoms. The van der Waals surface area contributed by atoms with Gasteiger partial charge in [0.05, 0.1) is 28.4 Å². The standard InChI is InChI=1S/C54H33N3O/c55-34-41-20-12-24-45-51(41)52-42(21-13-25-46(52)54(45)43-22-7-9-26-49(43)58-50-27-10-8-23-44(50)54)36-30-28-35(29-31-36)39-18-11-19-40(32-39)48-33-47(37-14-3-1-4-15-37)56-53(57-48)38-16-5-2-6-17-38/h1-33H. The number of hydrogen-bond donors (Lipinski definition) is 0. The summed E-state index contributed by atoms with van der Waals surface area (Å²) in [4.78, 5) is 10.1. The molecule has 2 heterocycles. The van der Waals surface area contributed by atoms with Gasteiger partial charge in [-0.05, 0) is 69.3 Å². The Bertz CT molecular complexity index is 2990. The number of ether oxygens (including phenoxy) is 1. The van der Waals surface area contributed by atoms with Gasteiger partial charge in [-0.1, -0.05) is 170 Å². The molecule has 0 amide bonds. The zero-order chi connectivity index (χ0) is 38.6. The molecule has 1 spiro atoms. The normalized spacial score (nSPS) is 12.7. The Hall–Kier alpha value is -7.87. The van der Waals surface area contributed by atoms with Crippen LogP contribution in [0.2, 0.25) is 0 Å². The van der Waals surface area contributed by atoms with Crippen LogP contribution in [0.25, 0.3) is 67.3 Å². The lowest BCUT2D eigenvalue weighted by atomic mass is 9.66. The highest BCUT2D eigenvalue weighted by Gasteiger charge is 2.52. The second-order valence-electron chi connectivity index (χ2n) is 14.8. The lowest BCUT2D eigenvalue weighted by Crippen LogP contribution is -2.32. The molecule has 270 valence electrons. The van der Waals surface area contributed by atoms with Gasteiger partial charge in [-0.3, -0.25) is 0 Å². The summed E-state index contributed by atoms with van der Waals surface area (Å²) in [6.07, 6.45) is 0. The maximum atomic E-state index is 10.6. The van der Waals surface area contributed by atoms with E-state index >= 15 is 0 Å². The molecule has 1 aliphatic carbocycles. The summed E-state index contributed by atoms with van der Waals surface area (Å²) in [6, 6.07) is 71.8. The maximum absolute atomic E-state index is 10.6. The van der Waals surface area contributed by atoms with E-state index in [1.54, 1.807) is 0 Å². The Morgan fingerprint density at radius 2 is 0.914 bits per heavy atom. The molecule has 4 nitrogen and oxygen atoms in total. The zero-order valence-corrected chi connectivity index (χ0v) is 31.3. The quantitative estimate of drug-likeness (QED) is 0.176. The summed E-state index contributed by atoms with van der Waals surface area (Å²) in [6.45, 7) is 0. The first-order valence-electron chi connectivity index (χ1n) is 19.5. The summed E-state index contributed by atoms with van der Waals surface area (Å²) < 4.78 is 6.54. The molecule has 0 unspecified atom stereocenters. The van der Waals surface area contributed by atoms with Crippen molar-refractivity contribution in [2.75, 3.05) is 0 Å². The SMILES string of the molecule is N#Cc1cccc2c1-c1c(-c3ccc(-c4cccc(-c5cc(-c6ccccc6)nc(-c6ccccc6)n5)c4)cc3)cccc1C21c2ccccc2Oc2ccccc21. The van der Waals surface area contributed by atoms with Crippen LogP contribution in [-0.4, -0.2) is 9.97 Å². The van der Waals surface area contributed by atoms with Gasteiger partial charge in [0, 0.05) is 33.4 Å². The van der Waals surface area contributed by atoms with Crippen LogP contribution >= 0.6 is 0 Å². The topological polar surface area (TPSA) is 58.8 Å². The second kappa shape index (κ2) is 13.4. The molecule has 0 N–H and O–H groups in total. The molecule has 4 heteroatoms. The van der Waals surface area contributed by atoms with Gasteiger partial charge in [0.2, 0.25) is 0 Å². The second-order valence-corrected chi connectivity index (χ2v) is 14.8. The molecule has 1 aromatic heterocycles. The van der Waals surface area contributed by atoms with Crippen molar-refractivity contribution in [1.82, 2.24) is 9.97 Å². The minimum Gasteiger partial charge on any atom is -0.457 e. The van der Waals surface area contributed by atoms with Crippen LogP contribution in [0.3, 0.4) is 0 Å². The molecule has 0 radical (unpaired) electrons. The van der Waals surface area contributed by atoms with E-state index in [0.717, 1.165) is 95.2 Å². The van der Waals surface area contributed by atoms with E-state index in [2.05, 4.69) is 133 Å². The highest BCUT2D eigenvalue weighted by molar-refractivity contribution is 5.98. The number of fused-ring (bicyclic) bond motifs is 9. The Balaban J connectivity index is 1.03. The van der Waals surface area contributed by atoms with E-state index < -0.39 is 5.41 Å². The Labute approximate surface area is 337 Å². The molecule has 11 rings (SSSR count). The van der Waals surface area contributed by atoms with Crippen LogP contribution in [0.1, 0.15) is 27.8 Å². The van der Waals surface area contributed by atoms with Crippen molar-refractivity contribution in [2.24, 2.45) is 0 Å². The molecule has 1 aliphatic heterocycles. The molecule has 58 heavy (non-hydrogen) atoms. The first-order valence-corrected chi connectivity index (χ1v) is 19.5. The van der Waals surface area contributed by atoms with E-state index in [-0.39, 0.29) is 0 Å². The predicted molar refractivity (Wildman–Crippen MR) is 231 cm³/mol. The number of hydrogen-bond acceptors (Lipinski definition) is 4. The smallest absolute Gasteiger partial charge is 0.160 e. The third-order valence-corrected chi connectivity index (χ3v) is 11.6. The van der Waals surface area contributed by atoms with Crippen molar-refractivity contribution >= 4 is 0 Å². The van der Waals surface area contributed by atoms with Gasteiger partial charge < -0.3 is 4.74 Å².